The van der Waals surface area contributed by atoms with E-state index in [0.717, 1.165) is 36.6 Å². The van der Waals surface area contributed by atoms with E-state index in [4.69, 9.17) is 0 Å². The van der Waals surface area contributed by atoms with Gasteiger partial charge in [-0.3, -0.25) is 0 Å². The molecule has 0 saturated heterocycles. The number of aryl methyl sites for hydroxylation is 1. The molecule has 0 radical (unpaired) electrons. The zero-order chi connectivity index (χ0) is 13.2. The molecule has 0 spiro atoms. The van der Waals surface area contributed by atoms with Gasteiger partial charge >= 0.3 is 0 Å². The first-order chi connectivity index (χ1) is 8.49. The Kier molecular flexibility index (Phi) is 4.40. The van der Waals surface area contributed by atoms with Gasteiger partial charge in [0.25, 0.3) is 0 Å². The van der Waals surface area contributed by atoms with E-state index in [1.54, 1.807) is 11.3 Å². The molecule has 0 aliphatic heterocycles. The van der Waals surface area contributed by atoms with Crippen LogP contribution in [0.3, 0.4) is 0 Å². The first kappa shape index (κ1) is 14.0. The van der Waals surface area contributed by atoms with Gasteiger partial charge in [0.1, 0.15) is 10.8 Å². The number of hydrogen-bond donors (Lipinski definition) is 1. The Labute approximate surface area is 113 Å². The van der Waals surface area contributed by atoms with Crippen LogP contribution in [0.5, 0.6) is 0 Å². The van der Waals surface area contributed by atoms with Gasteiger partial charge in [-0.1, -0.05) is 6.92 Å². The molecule has 1 aromatic heterocycles. The molecular weight excluding hydrogens is 268 g/mol. The van der Waals surface area contributed by atoms with Gasteiger partial charge in [0.05, 0.1) is 5.69 Å². The van der Waals surface area contributed by atoms with Crippen LogP contribution in [0.15, 0.2) is 0 Å². The van der Waals surface area contributed by atoms with E-state index >= 15 is 0 Å². The zero-order valence-electron chi connectivity index (χ0n) is 10.9. The van der Waals surface area contributed by atoms with Crippen LogP contribution < -0.4 is 5.32 Å². The molecule has 0 fully saturated rings. The van der Waals surface area contributed by atoms with Crippen LogP contribution in [0.2, 0.25) is 0 Å². The molecule has 1 aliphatic rings. The van der Waals surface area contributed by atoms with E-state index < -0.39 is 9.84 Å². The highest BCUT2D eigenvalue weighted by Gasteiger charge is 2.25. The Balaban J connectivity index is 2.18. The largest absolute Gasteiger partial charge is 0.316 e. The molecule has 4 nitrogen and oxygen atoms in total. The van der Waals surface area contributed by atoms with Gasteiger partial charge in [-0.25, -0.2) is 13.4 Å². The van der Waals surface area contributed by atoms with Gasteiger partial charge < -0.3 is 5.32 Å². The number of rotatable bonds is 5. The van der Waals surface area contributed by atoms with Crippen molar-refractivity contribution in [2.45, 2.75) is 37.9 Å². The molecule has 6 heteroatoms. The van der Waals surface area contributed by atoms with Gasteiger partial charge in [0.2, 0.25) is 0 Å². The van der Waals surface area contributed by atoms with Crippen LogP contribution in [0.1, 0.15) is 41.3 Å². The number of nitrogens with zero attached hydrogens (tertiary/aromatic N) is 1. The van der Waals surface area contributed by atoms with Crippen molar-refractivity contribution < 1.29 is 8.42 Å². The second-order valence-corrected chi connectivity index (χ2v) is 8.19. The predicted molar refractivity (Wildman–Crippen MR) is 74.9 cm³/mol. The molecule has 0 saturated carbocycles. The molecule has 1 N–H and O–H groups in total. The third-order valence-corrected chi connectivity index (χ3v) is 5.25. The van der Waals surface area contributed by atoms with Gasteiger partial charge in [-0.15, -0.1) is 11.3 Å². The van der Waals surface area contributed by atoms with Crippen LogP contribution in [-0.2, 0) is 22.0 Å². The molecule has 1 heterocycles. The first-order valence-corrected chi connectivity index (χ1v) is 9.24. The number of aromatic nitrogens is 1. The molecule has 0 aromatic carbocycles. The minimum atomic E-state index is -2.98. The molecular formula is C12H20N2O2S2. The molecule has 1 aromatic rings. The topological polar surface area (TPSA) is 59.1 Å². The summed E-state index contributed by atoms with van der Waals surface area (Å²) in [7, 11) is -2.98. The number of fused-ring (bicyclic) bond motifs is 1. The monoisotopic (exact) mass is 288 g/mol. The molecule has 18 heavy (non-hydrogen) atoms. The smallest absolute Gasteiger partial charge is 0.153 e. The van der Waals surface area contributed by atoms with Crippen molar-refractivity contribution in [3.63, 3.8) is 0 Å². The predicted octanol–water partition coefficient (Wildman–Crippen LogP) is 1.72. The number of likely N-dealkylation sites (N-methyl/N-ethyl adjacent to an activating group) is 1. The van der Waals surface area contributed by atoms with Crippen molar-refractivity contribution in [3.05, 3.63) is 15.6 Å². The summed E-state index contributed by atoms with van der Waals surface area (Å²) in [6.07, 6.45) is 4.66. The zero-order valence-corrected chi connectivity index (χ0v) is 12.5. The van der Waals surface area contributed by atoms with Gasteiger partial charge in [0, 0.05) is 23.6 Å². The summed E-state index contributed by atoms with van der Waals surface area (Å²) in [6.45, 7) is 4.01. The summed E-state index contributed by atoms with van der Waals surface area (Å²) >= 11 is 1.58. The Bertz CT molecular complexity index is 508. The lowest BCUT2D eigenvalue weighted by molar-refractivity contribution is 0.508. The van der Waals surface area contributed by atoms with Gasteiger partial charge in [-0.2, -0.15) is 0 Å². The van der Waals surface area contributed by atoms with Crippen LogP contribution >= 0.6 is 11.3 Å². The normalized spacial score (nSPS) is 19.8. The van der Waals surface area contributed by atoms with Crippen LogP contribution in [0.4, 0.5) is 0 Å². The second-order valence-electron chi connectivity index (χ2n) is 4.88. The number of hydrogen-bond acceptors (Lipinski definition) is 5. The van der Waals surface area contributed by atoms with E-state index in [-0.39, 0.29) is 5.75 Å². The molecule has 1 unspecified atom stereocenters. The van der Waals surface area contributed by atoms with Crippen molar-refractivity contribution in [2.24, 2.45) is 0 Å². The minimum Gasteiger partial charge on any atom is -0.316 e. The highest BCUT2D eigenvalue weighted by atomic mass is 32.2. The van der Waals surface area contributed by atoms with Crippen molar-refractivity contribution in [2.75, 3.05) is 19.3 Å². The van der Waals surface area contributed by atoms with Crippen LogP contribution in [0.25, 0.3) is 0 Å². The summed E-state index contributed by atoms with van der Waals surface area (Å²) in [5, 5.41) is 4.12. The number of nitrogens with one attached hydrogen (secondary N) is 1. The van der Waals surface area contributed by atoms with Gasteiger partial charge in [0.15, 0.2) is 9.84 Å². The molecule has 0 amide bonds. The summed E-state index contributed by atoms with van der Waals surface area (Å²) in [5.41, 5.74) is 1.14. The fourth-order valence-electron chi connectivity index (χ4n) is 2.36. The van der Waals surface area contributed by atoms with Crippen molar-refractivity contribution in [1.82, 2.24) is 10.3 Å². The highest BCUT2D eigenvalue weighted by Crippen LogP contribution is 2.34. The van der Waals surface area contributed by atoms with E-state index in [2.05, 4.69) is 17.2 Å². The average Bonchev–Trinajstić information content (AvgIpc) is 2.66. The third kappa shape index (κ3) is 3.52. The van der Waals surface area contributed by atoms with Crippen molar-refractivity contribution >= 4 is 21.2 Å². The quantitative estimate of drug-likeness (QED) is 0.896. The lowest BCUT2D eigenvalue weighted by atomic mass is 9.91. The maximum atomic E-state index is 11.3. The summed E-state index contributed by atoms with van der Waals surface area (Å²) in [6, 6.07) is 0. The van der Waals surface area contributed by atoms with E-state index in [9.17, 15) is 8.42 Å². The fraction of sp³-hybridized carbons (Fsp3) is 0.750. The van der Waals surface area contributed by atoms with E-state index in [1.807, 2.05) is 0 Å². The number of thiazole rings is 1. The fourth-order valence-corrected chi connectivity index (χ4v) is 4.74. The summed E-state index contributed by atoms with van der Waals surface area (Å²) < 4.78 is 22.6. The van der Waals surface area contributed by atoms with Crippen molar-refractivity contribution in [3.8, 4) is 0 Å². The molecule has 0 bridgehead atoms. The van der Waals surface area contributed by atoms with E-state index in [0.29, 0.717) is 5.92 Å². The molecule has 2 rings (SSSR count). The summed E-state index contributed by atoms with van der Waals surface area (Å²) in [4.78, 5) is 5.86. The van der Waals surface area contributed by atoms with E-state index in [1.165, 1.54) is 17.6 Å². The Hall–Kier alpha value is -0.460. The van der Waals surface area contributed by atoms with Crippen LogP contribution in [-0.4, -0.2) is 32.7 Å². The highest BCUT2D eigenvalue weighted by molar-refractivity contribution is 7.90. The first-order valence-electron chi connectivity index (χ1n) is 6.36. The maximum absolute atomic E-state index is 11.3. The average molecular weight is 288 g/mol. The van der Waals surface area contributed by atoms with Crippen LogP contribution in [0, 0.1) is 0 Å². The number of sulfone groups is 1. The Morgan fingerprint density at radius 1 is 1.50 bits per heavy atom. The minimum absolute atomic E-state index is 0.0819. The molecule has 102 valence electrons. The molecule has 1 atom stereocenters. The third-order valence-electron chi connectivity index (χ3n) is 3.14. The standard InChI is InChI=1S/C12H20N2O2S2/c1-3-13-7-9-5-4-6-10-12(9)14-11(17-10)8-18(2,15)16/h9,13H,3-8H2,1-2H3. The SMILES string of the molecule is CCNCC1CCCc2sc(CS(C)(=O)=O)nc21. The Morgan fingerprint density at radius 3 is 2.94 bits per heavy atom. The Morgan fingerprint density at radius 2 is 2.28 bits per heavy atom. The maximum Gasteiger partial charge on any atom is 0.153 e. The lowest BCUT2D eigenvalue weighted by Crippen LogP contribution is -2.24. The van der Waals surface area contributed by atoms with Crippen molar-refractivity contribution in [1.29, 1.82) is 0 Å². The van der Waals surface area contributed by atoms with Gasteiger partial charge in [-0.05, 0) is 25.8 Å². The molecule has 1 aliphatic carbocycles. The second kappa shape index (κ2) is 5.67. The lowest BCUT2D eigenvalue weighted by Gasteiger charge is -2.21. The summed E-state index contributed by atoms with van der Waals surface area (Å²) in [5.74, 6) is 0.539.